The zero-order chi connectivity index (χ0) is 12.8. The van der Waals surface area contributed by atoms with Gasteiger partial charge in [-0.25, -0.2) is 9.97 Å². The van der Waals surface area contributed by atoms with Crippen LogP contribution in [0.15, 0.2) is 12.3 Å². The minimum Gasteiger partial charge on any atom is -0.342 e. The van der Waals surface area contributed by atoms with Gasteiger partial charge in [-0.2, -0.15) is 0 Å². The van der Waals surface area contributed by atoms with Crippen molar-refractivity contribution in [2.24, 2.45) is 0 Å². The average molecular weight is 248 g/mol. The Morgan fingerprint density at radius 3 is 2.89 bits per heavy atom. The predicted molar refractivity (Wildman–Crippen MR) is 62.7 cm³/mol. The van der Waals surface area contributed by atoms with E-state index in [9.17, 15) is 9.59 Å². The number of rotatable bonds is 3. The Morgan fingerprint density at radius 1 is 1.44 bits per heavy atom. The van der Waals surface area contributed by atoms with Gasteiger partial charge in [-0.1, -0.05) is 0 Å². The summed E-state index contributed by atoms with van der Waals surface area (Å²) in [6, 6.07) is 1.47. The van der Waals surface area contributed by atoms with E-state index in [4.69, 9.17) is 0 Å². The molecule has 1 aromatic heterocycles. The Bertz CT molecular complexity index is 417. The molecule has 18 heavy (non-hydrogen) atoms. The lowest BCUT2D eigenvalue weighted by Crippen LogP contribution is -2.49. The van der Waals surface area contributed by atoms with Crippen molar-refractivity contribution in [3.63, 3.8) is 0 Å². The second kappa shape index (κ2) is 6.06. The Kier molecular flexibility index (Phi) is 4.19. The average Bonchev–Trinajstić information content (AvgIpc) is 2.46. The SMILES string of the molecule is O=C(NCC(=O)N1CCNCC1)c1ccn[c]n1. The maximum atomic E-state index is 11.8. The van der Waals surface area contributed by atoms with Crippen LogP contribution in [0.1, 0.15) is 10.5 Å². The molecule has 1 radical (unpaired) electrons. The number of amides is 2. The molecule has 2 rings (SSSR count). The van der Waals surface area contributed by atoms with Gasteiger partial charge in [-0.05, 0) is 6.07 Å². The first-order chi connectivity index (χ1) is 8.77. The molecular formula is C11H14N5O2. The summed E-state index contributed by atoms with van der Waals surface area (Å²) >= 11 is 0. The maximum Gasteiger partial charge on any atom is 0.270 e. The van der Waals surface area contributed by atoms with Gasteiger partial charge in [0.1, 0.15) is 5.69 Å². The van der Waals surface area contributed by atoms with Crippen molar-refractivity contribution in [1.29, 1.82) is 0 Å². The molecule has 1 aromatic rings. The summed E-state index contributed by atoms with van der Waals surface area (Å²) in [5.41, 5.74) is 0.207. The van der Waals surface area contributed by atoms with Crippen LogP contribution in [0.3, 0.4) is 0 Å². The predicted octanol–water partition coefficient (Wildman–Crippen LogP) is -1.56. The summed E-state index contributed by atoms with van der Waals surface area (Å²) in [5, 5.41) is 5.69. The van der Waals surface area contributed by atoms with Gasteiger partial charge in [0, 0.05) is 32.4 Å². The highest BCUT2D eigenvalue weighted by molar-refractivity contribution is 5.94. The number of carbonyl (C=O) groups is 2. The summed E-state index contributed by atoms with van der Waals surface area (Å²) in [6.07, 6.45) is 3.76. The Hall–Kier alpha value is -2.02. The van der Waals surface area contributed by atoms with Crippen molar-refractivity contribution in [1.82, 2.24) is 25.5 Å². The minimum atomic E-state index is -0.392. The van der Waals surface area contributed by atoms with Gasteiger partial charge in [0.25, 0.3) is 5.91 Å². The number of nitrogens with one attached hydrogen (secondary N) is 2. The van der Waals surface area contributed by atoms with Crippen LogP contribution in [-0.4, -0.2) is 59.4 Å². The molecular weight excluding hydrogens is 234 g/mol. The van der Waals surface area contributed by atoms with Gasteiger partial charge in [0.2, 0.25) is 5.91 Å². The molecule has 0 atom stereocenters. The van der Waals surface area contributed by atoms with Crippen LogP contribution in [-0.2, 0) is 4.79 Å². The molecule has 0 saturated carbocycles. The quantitative estimate of drug-likeness (QED) is 0.675. The third-order valence-corrected chi connectivity index (χ3v) is 2.64. The van der Waals surface area contributed by atoms with Crippen molar-refractivity contribution >= 4 is 11.8 Å². The first-order valence-corrected chi connectivity index (χ1v) is 5.73. The van der Waals surface area contributed by atoms with Crippen LogP contribution >= 0.6 is 0 Å². The molecule has 1 aliphatic heterocycles. The smallest absolute Gasteiger partial charge is 0.270 e. The number of hydrogen-bond donors (Lipinski definition) is 2. The van der Waals surface area contributed by atoms with E-state index < -0.39 is 5.91 Å². The van der Waals surface area contributed by atoms with Crippen LogP contribution in [0, 0.1) is 6.33 Å². The molecule has 0 bridgehead atoms. The molecule has 1 aliphatic rings. The van der Waals surface area contributed by atoms with E-state index in [1.807, 2.05) is 0 Å². The van der Waals surface area contributed by atoms with E-state index in [1.54, 1.807) is 4.90 Å². The number of piperazine rings is 1. The van der Waals surface area contributed by atoms with Crippen LogP contribution in [0.25, 0.3) is 0 Å². The van der Waals surface area contributed by atoms with Crippen molar-refractivity contribution in [3.05, 3.63) is 24.3 Å². The molecule has 7 heteroatoms. The van der Waals surface area contributed by atoms with Gasteiger partial charge >= 0.3 is 0 Å². The van der Waals surface area contributed by atoms with E-state index in [0.29, 0.717) is 13.1 Å². The van der Waals surface area contributed by atoms with Crippen molar-refractivity contribution in [2.45, 2.75) is 0 Å². The van der Waals surface area contributed by atoms with E-state index in [2.05, 4.69) is 26.9 Å². The molecule has 95 valence electrons. The van der Waals surface area contributed by atoms with Crippen molar-refractivity contribution in [3.8, 4) is 0 Å². The summed E-state index contributed by atoms with van der Waals surface area (Å²) in [4.78, 5) is 32.4. The zero-order valence-corrected chi connectivity index (χ0v) is 9.85. The standard InChI is InChI=1S/C11H14N5O2/c17-10(16-5-3-12-4-6-16)7-14-11(18)9-1-2-13-8-15-9/h1-2,12H,3-7H2,(H,14,18). The molecule has 1 saturated heterocycles. The zero-order valence-electron chi connectivity index (χ0n) is 9.85. The fraction of sp³-hybridized carbons (Fsp3) is 0.455. The highest BCUT2D eigenvalue weighted by Crippen LogP contribution is 1.94. The molecule has 2 heterocycles. The lowest BCUT2D eigenvalue weighted by Gasteiger charge is -2.27. The molecule has 0 spiro atoms. The second-order valence-corrected chi connectivity index (χ2v) is 3.86. The first kappa shape index (κ1) is 12.4. The molecule has 1 fully saturated rings. The summed E-state index contributed by atoms with van der Waals surface area (Å²) in [6.45, 7) is 2.93. The number of aromatic nitrogens is 2. The van der Waals surface area contributed by atoms with Gasteiger partial charge in [0.05, 0.1) is 6.54 Å². The number of carbonyl (C=O) groups excluding carboxylic acids is 2. The summed E-state index contributed by atoms with van der Waals surface area (Å²) < 4.78 is 0. The van der Waals surface area contributed by atoms with E-state index in [1.165, 1.54) is 12.3 Å². The maximum absolute atomic E-state index is 11.8. The molecule has 2 amide bonds. The van der Waals surface area contributed by atoms with Crippen molar-refractivity contribution < 1.29 is 9.59 Å². The highest BCUT2D eigenvalue weighted by atomic mass is 16.2. The highest BCUT2D eigenvalue weighted by Gasteiger charge is 2.17. The Balaban J connectivity index is 1.80. The molecule has 0 unspecified atom stereocenters. The van der Waals surface area contributed by atoms with Gasteiger partial charge in [-0.3, -0.25) is 9.59 Å². The topological polar surface area (TPSA) is 87.2 Å². The summed E-state index contributed by atoms with van der Waals surface area (Å²) in [7, 11) is 0. The lowest BCUT2D eigenvalue weighted by molar-refractivity contribution is -0.130. The van der Waals surface area contributed by atoms with Crippen LogP contribution in [0.4, 0.5) is 0 Å². The monoisotopic (exact) mass is 248 g/mol. The molecule has 2 N–H and O–H groups in total. The largest absolute Gasteiger partial charge is 0.342 e. The summed E-state index contributed by atoms with van der Waals surface area (Å²) in [5.74, 6) is -0.472. The molecule has 7 nitrogen and oxygen atoms in total. The Morgan fingerprint density at radius 2 is 2.22 bits per heavy atom. The van der Waals surface area contributed by atoms with E-state index >= 15 is 0 Å². The van der Waals surface area contributed by atoms with Gasteiger partial charge in [-0.15, -0.1) is 0 Å². The Labute approximate surface area is 105 Å². The lowest BCUT2D eigenvalue weighted by atomic mass is 10.3. The van der Waals surface area contributed by atoms with Crippen LogP contribution in [0.2, 0.25) is 0 Å². The second-order valence-electron chi connectivity index (χ2n) is 3.86. The fourth-order valence-corrected chi connectivity index (χ4v) is 1.66. The molecule has 0 aromatic carbocycles. The van der Waals surface area contributed by atoms with Gasteiger partial charge in [0.15, 0.2) is 6.33 Å². The minimum absolute atomic E-state index is 0.0111. The number of nitrogens with zero attached hydrogens (tertiary/aromatic N) is 3. The van der Waals surface area contributed by atoms with E-state index in [0.717, 1.165) is 13.1 Å². The van der Waals surface area contributed by atoms with Gasteiger partial charge < -0.3 is 15.5 Å². The van der Waals surface area contributed by atoms with Crippen LogP contribution in [0.5, 0.6) is 0 Å². The first-order valence-electron chi connectivity index (χ1n) is 5.73. The normalized spacial score (nSPS) is 15.2. The van der Waals surface area contributed by atoms with Crippen LogP contribution < -0.4 is 10.6 Å². The fourth-order valence-electron chi connectivity index (χ4n) is 1.66. The third kappa shape index (κ3) is 3.24. The van der Waals surface area contributed by atoms with Crippen molar-refractivity contribution in [2.75, 3.05) is 32.7 Å². The van der Waals surface area contributed by atoms with E-state index in [-0.39, 0.29) is 18.1 Å². The third-order valence-electron chi connectivity index (χ3n) is 2.64. The molecule has 0 aliphatic carbocycles. The number of hydrogen-bond acceptors (Lipinski definition) is 5.